The molecule has 2 bridgehead atoms. The smallest absolute Gasteiger partial charge is 0.310 e. The summed E-state index contributed by atoms with van der Waals surface area (Å²) in [6, 6.07) is 4.68. The Hall–Kier alpha value is -1.56. The molecule has 3 rings (SSSR count). The number of halogens is 2. The lowest BCUT2D eigenvalue weighted by atomic mass is 9.82. The van der Waals surface area contributed by atoms with Crippen molar-refractivity contribution in [3.05, 3.63) is 40.4 Å². The molecule has 2 aliphatic rings. The van der Waals surface area contributed by atoms with Crippen molar-refractivity contribution in [1.82, 2.24) is 0 Å². The van der Waals surface area contributed by atoms with Crippen molar-refractivity contribution in [2.24, 2.45) is 11.8 Å². The number of carboxylic acid groups (broad SMARTS) is 1. The van der Waals surface area contributed by atoms with E-state index in [9.17, 15) is 14.7 Å². The molecule has 110 valence electrons. The van der Waals surface area contributed by atoms with Crippen molar-refractivity contribution in [3.8, 4) is 0 Å². The van der Waals surface area contributed by atoms with Gasteiger partial charge in [0.25, 0.3) is 0 Å². The van der Waals surface area contributed by atoms with E-state index in [1.807, 2.05) is 0 Å². The third-order valence-electron chi connectivity index (χ3n) is 3.67. The molecule has 2 N–H and O–H groups in total. The molecule has 1 saturated heterocycles. The highest BCUT2D eigenvalue weighted by Gasteiger charge is 2.53. The molecule has 1 aromatic rings. The van der Waals surface area contributed by atoms with Gasteiger partial charge in [0.1, 0.15) is 5.92 Å². The Balaban J connectivity index is 1.80. The first-order valence-electron chi connectivity index (χ1n) is 6.30. The lowest BCUT2D eigenvalue weighted by Crippen LogP contribution is -2.39. The Kier molecular flexibility index (Phi) is 3.65. The van der Waals surface area contributed by atoms with Crippen LogP contribution in [0.15, 0.2) is 30.4 Å². The molecule has 1 aromatic carbocycles. The molecule has 0 unspecified atom stereocenters. The molecule has 0 radical (unpaired) electrons. The zero-order valence-electron chi connectivity index (χ0n) is 10.6. The van der Waals surface area contributed by atoms with Gasteiger partial charge >= 0.3 is 5.97 Å². The van der Waals surface area contributed by atoms with Crippen LogP contribution in [0.5, 0.6) is 0 Å². The minimum absolute atomic E-state index is 0.313. The Morgan fingerprint density at radius 2 is 1.76 bits per heavy atom. The minimum atomic E-state index is -1.04. The molecule has 21 heavy (non-hydrogen) atoms. The van der Waals surface area contributed by atoms with Crippen LogP contribution < -0.4 is 5.32 Å². The highest BCUT2D eigenvalue weighted by molar-refractivity contribution is 6.42. The first kappa shape index (κ1) is 14.4. The predicted octanol–water partition coefficient (Wildman–Crippen LogP) is 2.59. The number of carbonyl (C=O) groups is 2. The Bertz CT molecular complexity index is 646. The minimum Gasteiger partial charge on any atom is -0.481 e. The number of amides is 1. The van der Waals surface area contributed by atoms with Gasteiger partial charge in [-0.05, 0) is 18.2 Å². The molecule has 5 nitrogen and oxygen atoms in total. The van der Waals surface area contributed by atoms with Crippen molar-refractivity contribution in [2.45, 2.75) is 12.2 Å². The fourth-order valence-electron chi connectivity index (χ4n) is 2.71. The molecule has 1 amide bonds. The summed E-state index contributed by atoms with van der Waals surface area (Å²) in [5, 5.41) is 12.6. The molecule has 0 aromatic heterocycles. The summed E-state index contributed by atoms with van der Waals surface area (Å²) in [6.45, 7) is 0. The first-order valence-corrected chi connectivity index (χ1v) is 7.05. The van der Waals surface area contributed by atoms with Gasteiger partial charge in [-0.3, -0.25) is 9.59 Å². The van der Waals surface area contributed by atoms with E-state index < -0.39 is 35.9 Å². The Morgan fingerprint density at radius 3 is 2.38 bits per heavy atom. The van der Waals surface area contributed by atoms with Gasteiger partial charge in [-0.1, -0.05) is 35.4 Å². The van der Waals surface area contributed by atoms with Gasteiger partial charge in [-0.25, -0.2) is 0 Å². The largest absolute Gasteiger partial charge is 0.481 e. The molecule has 2 heterocycles. The van der Waals surface area contributed by atoms with E-state index in [0.717, 1.165) is 0 Å². The lowest BCUT2D eigenvalue weighted by molar-refractivity contribution is -0.145. The molecule has 0 aliphatic carbocycles. The maximum atomic E-state index is 12.4. The number of aliphatic carboxylic acids is 1. The second-order valence-corrected chi connectivity index (χ2v) is 5.77. The number of hydrogen-bond donors (Lipinski definition) is 2. The molecule has 2 aliphatic heterocycles. The van der Waals surface area contributed by atoms with Crippen LogP contribution in [0.25, 0.3) is 0 Å². The lowest BCUT2D eigenvalue weighted by Gasteiger charge is -2.21. The van der Waals surface area contributed by atoms with Crippen molar-refractivity contribution in [2.75, 3.05) is 5.32 Å². The van der Waals surface area contributed by atoms with Gasteiger partial charge in [0, 0.05) is 5.69 Å². The van der Waals surface area contributed by atoms with Crippen LogP contribution in [0.3, 0.4) is 0 Å². The average Bonchev–Trinajstić information content (AvgIpc) is 3.03. The molecule has 4 atom stereocenters. The van der Waals surface area contributed by atoms with Gasteiger partial charge < -0.3 is 15.2 Å². The van der Waals surface area contributed by atoms with Gasteiger partial charge in [0.2, 0.25) is 5.91 Å². The fraction of sp³-hybridized carbons (Fsp3) is 0.286. The number of fused-ring (bicyclic) bond motifs is 2. The van der Waals surface area contributed by atoms with Crippen molar-refractivity contribution < 1.29 is 19.4 Å². The van der Waals surface area contributed by atoms with Crippen molar-refractivity contribution in [1.29, 1.82) is 0 Å². The number of carboxylic acids is 1. The molecule has 1 fully saturated rings. The zero-order valence-corrected chi connectivity index (χ0v) is 12.1. The van der Waals surface area contributed by atoms with Crippen LogP contribution in [-0.2, 0) is 14.3 Å². The van der Waals surface area contributed by atoms with Crippen LogP contribution in [-0.4, -0.2) is 29.2 Å². The van der Waals surface area contributed by atoms with Crippen molar-refractivity contribution in [3.63, 3.8) is 0 Å². The van der Waals surface area contributed by atoms with E-state index in [4.69, 9.17) is 27.9 Å². The van der Waals surface area contributed by atoms with E-state index in [1.54, 1.807) is 24.3 Å². The highest BCUT2D eigenvalue weighted by Crippen LogP contribution is 2.40. The number of ether oxygens (including phenoxy) is 1. The topological polar surface area (TPSA) is 75.6 Å². The summed E-state index contributed by atoms with van der Waals surface area (Å²) in [5.41, 5.74) is 0.463. The number of carbonyl (C=O) groups excluding carboxylic acids is 1. The maximum Gasteiger partial charge on any atom is 0.310 e. The molecular formula is C14H11Cl2NO4. The predicted molar refractivity (Wildman–Crippen MR) is 77.5 cm³/mol. The summed E-state index contributed by atoms with van der Waals surface area (Å²) in [6.07, 6.45) is 2.37. The van der Waals surface area contributed by atoms with Gasteiger partial charge in [-0.15, -0.1) is 0 Å². The maximum absolute atomic E-state index is 12.4. The van der Waals surface area contributed by atoms with E-state index in [2.05, 4.69) is 5.32 Å². The van der Waals surface area contributed by atoms with Crippen LogP contribution in [0.2, 0.25) is 10.0 Å². The number of rotatable bonds is 3. The summed E-state index contributed by atoms with van der Waals surface area (Å²) in [7, 11) is 0. The quantitative estimate of drug-likeness (QED) is 0.836. The van der Waals surface area contributed by atoms with Crippen LogP contribution in [0.1, 0.15) is 0 Å². The highest BCUT2D eigenvalue weighted by atomic mass is 35.5. The Labute approximate surface area is 130 Å². The summed E-state index contributed by atoms with van der Waals surface area (Å²) < 4.78 is 5.46. The molecular weight excluding hydrogens is 317 g/mol. The van der Waals surface area contributed by atoms with E-state index in [1.165, 1.54) is 6.07 Å². The summed E-state index contributed by atoms with van der Waals surface area (Å²) >= 11 is 11.7. The van der Waals surface area contributed by atoms with E-state index in [0.29, 0.717) is 15.7 Å². The second kappa shape index (κ2) is 5.33. The van der Waals surface area contributed by atoms with Crippen molar-refractivity contribution >= 4 is 40.8 Å². The van der Waals surface area contributed by atoms with Crippen LogP contribution >= 0.6 is 23.2 Å². The zero-order chi connectivity index (χ0) is 15.1. The Morgan fingerprint density at radius 1 is 1.10 bits per heavy atom. The fourth-order valence-corrected chi connectivity index (χ4v) is 3.01. The third kappa shape index (κ3) is 2.52. The number of benzene rings is 1. The van der Waals surface area contributed by atoms with E-state index >= 15 is 0 Å². The average molecular weight is 328 g/mol. The summed E-state index contributed by atoms with van der Waals surface area (Å²) in [5.74, 6) is -3.08. The van der Waals surface area contributed by atoms with Gasteiger partial charge in [0.15, 0.2) is 0 Å². The van der Waals surface area contributed by atoms with Gasteiger partial charge in [-0.2, -0.15) is 0 Å². The third-order valence-corrected chi connectivity index (χ3v) is 4.41. The standard InChI is InChI=1S/C14H11Cl2NO4/c15-7-2-1-6(5-8(7)16)17-13(18)11-9-3-4-10(21-9)12(11)14(19)20/h1-5,9-12H,(H,17,18)(H,19,20)/t9-,10-,11-,12-/m1/s1. The molecule has 0 saturated carbocycles. The van der Waals surface area contributed by atoms with Crippen LogP contribution in [0.4, 0.5) is 5.69 Å². The first-order chi connectivity index (χ1) is 9.97. The van der Waals surface area contributed by atoms with Crippen LogP contribution in [0, 0.1) is 11.8 Å². The number of hydrogen-bond acceptors (Lipinski definition) is 3. The van der Waals surface area contributed by atoms with E-state index in [-0.39, 0.29) is 0 Å². The number of anilines is 1. The second-order valence-electron chi connectivity index (χ2n) is 4.96. The normalized spacial score (nSPS) is 29.6. The summed E-state index contributed by atoms with van der Waals surface area (Å²) in [4.78, 5) is 23.7. The molecule has 0 spiro atoms. The number of nitrogens with one attached hydrogen (secondary N) is 1. The molecule has 7 heteroatoms. The van der Waals surface area contributed by atoms with Gasteiger partial charge in [0.05, 0.1) is 28.2 Å². The SMILES string of the molecule is O=C(O)[C@H]1[C@H](C(=O)Nc2ccc(Cl)c(Cl)c2)[C@H]2C=C[C@H]1O2. The monoisotopic (exact) mass is 327 g/mol.